The smallest absolute Gasteiger partial charge is 0.0546 e. The van der Waals surface area contributed by atoms with E-state index in [1.54, 1.807) is 0 Å². The summed E-state index contributed by atoms with van der Waals surface area (Å²) in [5.41, 5.74) is 0.283. The van der Waals surface area contributed by atoms with Crippen molar-refractivity contribution >= 4 is 0 Å². The van der Waals surface area contributed by atoms with Crippen LogP contribution in [-0.2, 0) is 4.74 Å². The maximum Gasteiger partial charge on any atom is 0.0546 e. The Hall–Kier alpha value is -0.160. The Morgan fingerprint density at radius 3 is 3.00 bits per heavy atom. The van der Waals surface area contributed by atoms with Crippen molar-refractivity contribution in [2.24, 2.45) is 11.3 Å². The molecule has 0 spiro atoms. The molecule has 0 aromatic heterocycles. The quantitative estimate of drug-likeness (QED) is 0.695. The van der Waals surface area contributed by atoms with Gasteiger partial charge in [-0.05, 0) is 51.1 Å². The summed E-state index contributed by atoms with van der Waals surface area (Å²) in [7, 11) is 0. The lowest BCUT2D eigenvalue weighted by atomic mass is 9.81. The van der Waals surface area contributed by atoms with Crippen LogP contribution in [-0.4, -0.2) is 62.6 Å². The van der Waals surface area contributed by atoms with Crippen LogP contribution in [0, 0.1) is 11.3 Å². The molecule has 2 N–H and O–H groups in total. The number of aliphatic hydroxyl groups is 1. The lowest BCUT2D eigenvalue weighted by molar-refractivity contribution is -0.0338. The van der Waals surface area contributed by atoms with Gasteiger partial charge in [0.15, 0.2) is 0 Å². The van der Waals surface area contributed by atoms with Gasteiger partial charge in [-0.3, -0.25) is 0 Å². The van der Waals surface area contributed by atoms with Crippen LogP contribution in [0.2, 0.25) is 0 Å². The van der Waals surface area contributed by atoms with Gasteiger partial charge in [-0.15, -0.1) is 0 Å². The van der Waals surface area contributed by atoms with Gasteiger partial charge in [0.25, 0.3) is 0 Å². The van der Waals surface area contributed by atoms with Gasteiger partial charge in [0.05, 0.1) is 6.61 Å². The monoisotopic (exact) mass is 284 g/mol. The summed E-state index contributed by atoms with van der Waals surface area (Å²) < 4.78 is 5.79. The third-order valence-corrected chi connectivity index (χ3v) is 4.75. The van der Waals surface area contributed by atoms with E-state index in [4.69, 9.17) is 4.74 Å². The van der Waals surface area contributed by atoms with Gasteiger partial charge in [0, 0.05) is 38.3 Å². The number of hydrogen-bond acceptors (Lipinski definition) is 4. The van der Waals surface area contributed by atoms with E-state index in [0.717, 1.165) is 39.4 Å². The first-order valence-electron chi connectivity index (χ1n) is 8.40. The zero-order chi connectivity index (χ0) is 14.3. The fourth-order valence-electron chi connectivity index (χ4n) is 3.68. The second-order valence-electron chi connectivity index (χ2n) is 6.76. The van der Waals surface area contributed by atoms with Gasteiger partial charge >= 0.3 is 0 Å². The molecule has 118 valence electrons. The van der Waals surface area contributed by atoms with Gasteiger partial charge in [-0.1, -0.05) is 6.92 Å². The SMILES string of the molecule is CCCNCC1(CN2CCCC(CO)C2)CCCOC1. The summed E-state index contributed by atoms with van der Waals surface area (Å²) in [5, 5.41) is 13.0. The Morgan fingerprint density at radius 2 is 2.30 bits per heavy atom. The molecule has 4 heteroatoms. The molecule has 4 nitrogen and oxygen atoms in total. The molecule has 20 heavy (non-hydrogen) atoms. The van der Waals surface area contributed by atoms with Crippen molar-refractivity contribution in [2.75, 3.05) is 52.5 Å². The minimum Gasteiger partial charge on any atom is -0.396 e. The van der Waals surface area contributed by atoms with Crippen LogP contribution in [0.5, 0.6) is 0 Å². The fourth-order valence-corrected chi connectivity index (χ4v) is 3.68. The highest BCUT2D eigenvalue weighted by molar-refractivity contribution is 4.88. The highest BCUT2D eigenvalue weighted by Crippen LogP contribution is 2.30. The summed E-state index contributed by atoms with van der Waals surface area (Å²) >= 11 is 0. The second kappa shape index (κ2) is 8.32. The average Bonchev–Trinajstić information content (AvgIpc) is 2.48. The Morgan fingerprint density at radius 1 is 1.40 bits per heavy atom. The van der Waals surface area contributed by atoms with Gasteiger partial charge in [-0.25, -0.2) is 0 Å². The number of rotatable bonds is 7. The highest BCUT2D eigenvalue weighted by Gasteiger charge is 2.35. The Labute approximate surface area is 123 Å². The number of likely N-dealkylation sites (tertiary alicyclic amines) is 1. The average molecular weight is 284 g/mol. The molecule has 0 bridgehead atoms. The minimum atomic E-state index is 0.283. The molecule has 0 aromatic rings. The summed E-state index contributed by atoms with van der Waals surface area (Å²) in [6, 6.07) is 0. The molecule has 0 radical (unpaired) electrons. The lowest BCUT2D eigenvalue weighted by Crippen LogP contribution is -2.51. The highest BCUT2D eigenvalue weighted by atomic mass is 16.5. The van der Waals surface area contributed by atoms with Crippen molar-refractivity contribution in [3.8, 4) is 0 Å². The first-order chi connectivity index (χ1) is 9.78. The van der Waals surface area contributed by atoms with E-state index in [1.165, 1.54) is 38.6 Å². The molecular weight excluding hydrogens is 252 g/mol. The number of hydrogen-bond donors (Lipinski definition) is 2. The Kier molecular flexibility index (Phi) is 6.75. The fraction of sp³-hybridized carbons (Fsp3) is 1.00. The molecule has 2 atom stereocenters. The van der Waals surface area contributed by atoms with Crippen LogP contribution in [0.3, 0.4) is 0 Å². The van der Waals surface area contributed by atoms with Gasteiger partial charge < -0.3 is 20.1 Å². The third kappa shape index (κ3) is 4.69. The van der Waals surface area contributed by atoms with Gasteiger partial charge in [-0.2, -0.15) is 0 Å². The molecule has 2 fully saturated rings. The Balaban J connectivity index is 1.88. The second-order valence-corrected chi connectivity index (χ2v) is 6.76. The van der Waals surface area contributed by atoms with Crippen molar-refractivity contribution in [2.45, 2.75) is 39.0 Å². The van der Waals surface area contributed by atoms with Crippen molar-refractivity contribution in [1.29, 1.82) is 0 Å². The number of piperidine rings is 1. The molecule has 2 saturated heterocycles. The lowest BCUT2D eigenvalue weighted by Gasteiger charge is -2.43. The van der Waals surface area contributed by atoms with E-state index in [1.807, 2.05) is 0 Å². The summed E-state index contributed by atoms with van der Waals surface area (Å²) in [6.07, 6.45) is 6.05. The van der Waals surface area contributed by atoms with Gasteiger partial charge in [0.1, 0.15) is 0 Å². The molecule has 0 aromatic carbocycles. The molecule has 2 aliphatic heterocycles. The van der Waals surface area contributed by atoms with Crippen molar-refractivity contribution < 1.29 is 9.84 Å². The summed E-state index contributed by atoms with van der Waals surface area (Å²) in [6.45, 7) is 9.92. The molecule has 2 rings (SSSR count). The zero-order valence-corrected chi connectivity index (χ0v) is 13.1. The first kappa shape index (κ1) is 16.2. The van der Waals surface area contributed by atoms with E-state index in [-0.39, 0.29) is 5.41 Å². The number of nitrogens with zero attached hydrogens (tertiary/aromatic N) is 1. The minimum absolute atomic E-state index is 0.283. The molecule has 0 saturated carbocycles. The maximum absolute atomic E-state index is 9.39. The van der Waals surface area contributed by atoms with Crippen molar-refractivity contribution in [1.82, 2.24) is 10.2 Å². The van der Waals surface area contributed by atoms with Crippen LogP contribution >= 0.6 is 0 Å². The van der Waals surface area contributed by atoms with Gasteiger partial charge in [0.2, 0.25) is 0 Å². The molecular formula is C16H32N2O2. The maximum atomic E-state index is 9.39. The molecule has 2 aliphatic rings. The van der Waals surface area contributed by atoms with E-state index in [0.29, 0.717) is 12.5 Å². The third-order valence-electron chi connectivity index (χ3n) is 4.75. The van der Waals surface area contributed by atoms with E-state index in [9.17, 15) is 5.11 Å². The predicted octanol–water partition coefficient (Wildman–Crippen LogP) is 1.49. The normalized spacial score (nSPS) is 32.4. The van der Waals surface area contributed by atoms with Crippen LogP contribution < -0.4 is 5.32 Å². The molecule has 0 aliphatic carbocycles. The summed E-state index contributed by atoms with van der Waals surface area (Å²) in [4.78, 5) is 2.56. The van der Waals surface area contributed by atoms with Crippen LogP contribution in [0.1, 0.15) is 39.0 Å². The standard InChI is InChI=1S/C16H32N2O2/c1-2-7-17-12-16(6-4-9-20-14-16)13-18-8-3-5-15(10-18)11-19/h15,17,19H,2-14H2,1H3. The molecule has 2 heterocycles. The zero-order valence-electron chi connectivity index (χ0n) is 13.1. The first-order valence-corrected chi connectivity index (χ1v) is 8.40. The predicted molar refractivity (Wildman–Crippen MR) is 81.9 cm³/mol. The van der Waals surface area contributed by atoms with E-state index >= 15 is 0 Å². The van der Waals surface area contributed by atoms with E-state index in [2.05, 4.69) is 17.1 Å². The topological polar surface area (TPSA) is 44.7 Å². The molecule has 0 amide bonds. The van der Waals surface area contributed by atoms with Crippen LogP contribution in [0.15, 0.2) is 0 Å². The molecule has 2 unspecified atom stereocenters. The largest absolute Gasteiger partial charge is 0.396 e. The van der Waals surface area contributed by atoms with Crippen molar-refractivity contribution in [3.63, 3.8) is 0 Å². The van der Waals surface area contributed by atoms with E-state index < -0.39 is 0 Å². The number of aliphatic hydroxyl groups excluding tert-OH is 1. The van der Waals surface area contributed by atoms with Crippen LogP contribution in [0.25, 0.3) is 0 Å². The van der Waals surface area contributed by atoms with Crippen molar-refractivity contribution in [3.05, 3.63) is 0 Å². The number of nitrogens with one attached hydrogen (secondary N) is 1. The van der Waals surface area contributed by atoms with Crippen LogP contribution in [0.4, 0.5) is 0 Å². The Bertz CT molecular complexity index is 267. The number of ether oxygens (including phenoxy) is 1. The summed E-state index contributed by atoms with van der Waals surface area (Å²) in [5.74, 6) is 0.480.